The van der Waals surface area contributed by atoms with Gasteiger partial charge in [-0.1, -0.05) is 30.3 Å². The fourth-order valence-electron chi connectivity index (χ4n) is 7.28. The van der Waals surface area contributed by atoms with Gasteiger partial charge in [0.1, 0.15) is 23.7 Å². The summed E-state index contributed by atoms with van der Waals surface area (Å²) in [5, 5.41) is 8.13. The van der Waals surface area contributed by atoms with Gasteiger partial charge in [-0.2, -0.15) is 0 Å². The fraction of sp³-hybridized carbons (Fsp3) is 0.441. The van der Waals surface area contributed by atoms with Crippen molar-refractivity contribution >= 4 is 46.2 Å². The second-order valence-corrected chi connectivity index (χ2v) is 12.8. The Morgan fingerprint density at radius 2 is 2.02 bits per heavy atom. The Balaban J connectivity index is 1.10. The highest BCUT2D eigenvalue weighted by Crippen LogP contribution is 2.41. The van der Waals surface area contributed by atoms with Crippen LogP contribution in [0.3, 0.4) is 0 Å². The number of fused-ring (bicyclic) bond motifs is 2. The fourth-order valence-corrected chi connectivity index (χ4v) is 7.47. The maximum atomic E-state index is 14.7. The lowest BCUT2D eigenvalue weighted by atomic mass is 10.0. The lowest BCUT2D eigenvalue weighted by Crippen LogP contribution is -2.49. The van der Waals surface area contributed by atoms with Gasteiger partial charge in [0.2, 0.25) is 5.91 Å². The van der Waals surface area contributed by atoms with E-state index in [4.69, 9.17) is 25.9 Å². The molecule has 248 valence electrons. The van der Waals surface area contributed by atoms with Crippen LogP contribution in [0.2, 0.25) is 5.02 Å². The molecular formula is C34H39ClFN7O4. The summed E-state index contributed by atoms with van der Waals surface area (Å²) >= 11 is 6.02. The molecule has 4 fully saturated rings. The monoisotopic (exact) mass is 663 g/mol. The third-order valence-electron chi connectivity index (χ3n) is 9.62. The number of piperidine rings is 1. The first-order chi connectivity index (χ1) is 22.9. The number of aromatic nitrogens is 2. The van der Waals surface area contributed by atoms with Crippen molar-refractivity contribution in [3.8, 4) is 5.75 Å². The van der Waals surface area contributed by atoms with Crippen molar-refractivity contribution in [1.29, 1.82) is 0 Å². The number of morpholine rings is 1. The predicted octanol–water partition coefficient (Wildman–Crippen LogP) is 5.34. The smallest absolute Gasteiger partial charge is 0.247 e. The molecule has 1 aromatic heterocycles. The van der Waals surface area contributed by atoms with E-state index in [-0.39, 0.29) is 17.0 Å². The highest BCUT2D eigenvalue weighted by molar-refractivity contribution is 6.30. The maximum absolute atomic E-state index is 14.7. The highest BCUT2D eigenvalue weighted by atomic mass is 35.5. The van der Waals surface area contributed by atoms with Crippen molar-refractivity contribution in [3.05, 3.63) is 71.8 Å². The van der Waals surface area contributed by atoms with Crippen LogP contribution in [0.5, 0.6) is 5.75 Å². The first-order valence-electron chi connectivity index (χ1n) is 16.1. The summed E-state index contributed by atoms with van der Waals surface area (Å²) in [6.07, 6.45) is 7.41. The van der Waals surface area contributed by atoms with Gasteiger partial charge in [0.05, 0.1) is 54.6 Å². The van der Waals surface area contributed by atoms with E-state index in [0.29, 0.717) is 72.0 Å². The molecule has 3 aromatic rings. The van der Waals surface area contributed by atoms with Crippen molar-refractivity contribution in [1.82, 2.24) is 14.9 Å². The molecule has 2 aromatic carbocycles. The molecule has 2 bridgehead atoms. The van der Waals surface area contributed by atoms with Crippen LogP contribution in [0.4, 0.5) is 33.1 Å². The number of rotatable bonds is 10. The third-order valence-corrected chi connectivity index (χ3v) is 9.91. The molecule has 2 N–H and O–H groups in total. The lowest BCUT2D eigenvalue weighted by molar-refractivity contribution is -0.111. The molecule has 0 radical (unpaired) electrons. The van der Waals surface area contributed by atoms with Crippen molar-refractivity contribution in [2.45, 2.75) is 56.3 Å². The number of nitrogens with one attached hydrogen (secondary N) is 2. The topological polar surface area (TPSA) is 104 Å². The number of carbonyl (C=O) groups excluding carboxylic acids is 1. The largest absolute Gasteiger partial charge is 0.494 e. The van der Waals surface area contributed by atoms with Crippen LogP contribution < -0.4 is 25.3 Å². The normalized spacial score (nSPS) is 22.9. The minimum Gasteiger partial charge on any atom is -0.494 e. The number of nitrogens with zero attached hydrogens (tertiary/aromatic N) is 5. The Morgan fingerprint density at radius 1 is 1.17 bits per heavy atom. The standard InChI is InChI=1S/C34H39ClFN7O4/c1-3-33(44)40-27-15-28(30(45-2)16-29(27)41-10-7-22(8-11-41)42-18-25-14-24(42)19-46-25)39-31-17-32(38-20-37-31)43-23(9-12-47-43)13-21-5-4-6-26(35)34(21)36/h3-6,15-17,20,22-25H,1,7-14,18-19H2,2H3,(H,40,44)(H,37,38,39)/t23-,24+,25+/m1/s1. The van der Waals surface area contributed by atoms with Crippen LogP contribution in [-0.2, 0) is 20.8 Å². The SMILES string of the molecule is C=CC(=O)Nc1cc(Nc2cc(N3OCC[C@@H]3Cc3cccc(Cl)c3F)ncn2)c(OC)cc1N1CCC(N2C[C@@H]3C[C@H]2CO3)CC1. The van der Waals surface area contributed by atoms with E-state index in [1.165, 1.54) is 18.5 Å². The molecule has 1 amide bonds. The summed E-state index contributed by atoms with van der Waals surface area (Å²) in [7, 11) is 1.62. The van der Waals surface area contributed by atoms with E-state index in [9.17, 15) is 9.18 Å². The number of anilines is 5. The van der Waals surface area contributed by atoms with Crippen LogP contribution in [0.15, 0.2) is 55.4 Å². The second kappa shape index (κ2) is 13.6. The van der Waals surface area contributed by atoms with E-state index in [1.54, 1.807) is 30.4 Å². The van der Waals surface area contributed by atoms with E-state index >= 15 is 0 Å². The van der Waals surface area contributed by atoms with Gasteiger partial charge in [0.15, 0.2) is 5.82 Å². The second-order valence-electron chi connectivity index (χ2n) is 12.4. The molecule has 4 saturated heterocycles. The van der Waals surface area contributed by atoms with E-state index < -0.39 is 5.82 Å². The minimum absolute atomic E-state index is 0.0961. The van der Waals surface area contributed by atoms with Gasteiger partial charge in [0.25, 0.3) is 0 Å². The Kier molecular flexibility index (Phi) is 9.17. The van der Waals surface area contributed by atoms with E-state index in [0.717, 1.165) is 51.2 Å². The number of hydrogen-bond donors (Lipinski definition) is 2. The molecule has 13 heteroatoms. The molecule has 4 aliphatic rings. The number of methoxy groups -OCH3 is 1. The quantitative estimate of drug-likeness (QED) is 0.276. The van der Waals surface area contributed by atoms with Gasteiger partial charge in [-0.3, -0.25) is 14.5 Å². The number of amides is 1. The zero-order valence-corrected chi connectivity index (χ0v) is 27.1. The number of likely N-dealkylation sites (tertiary alicyclic amines) is 1. The van der Waals surface area contributed by atoms with E-state index in [1.807, 2.05) is 12.1 Å². The van der Waals surface area contributed by atoms with Crippen molar-refractivity contribution in [2.24, 2.45) is 0 Å². The number of hydroxylamine groups is 1. The molecule has 0 aliphatic carbocycles. The predicted molar refractivity (Wildman–Crippen MR) is 179 cm³/mol. The molecule has 0 saturated carbocycles. The molecular weight excluding hydrogens is 625 g/mol. The first-order valence-corrected chi connectivity index (χ1v) is 16.5. The van der Waals surface area contributed by atoms with Crippen molar-refractivity contribution in [2.75, 3.05) is 60.6 Å². The molecule has 0 spiro atoms. The van der Waals surface area contributed by atoms with Gasteiger partial charge >= 0.3 is 0 Å². The van der Waals surface area contributed by atoms with Gasteiger partial charge in [0, 0.05) is 43.9 Å². The number of ether oxygens (including phenoxy) is 2. The number of carbonyl (C=O) groups is 1. The molecule has 0 unspecified atom stereocenters. The highest BCUT2D eigenvalue weighted by Gasteiger charge is 2.42. The number of halogens is 2. The summed E-state index contributed by atoms with van der Waals surface area (Å²) in [4.78, 5) is 32.3. The molecule has 5 heterocycles. The number of benzene rings is 2. The zero-order chi connectivity index (χ0) is 32.5. The van der Waals surface area contributed by atoms with Crippen LogP contribution in [0.25, 0.3) is 0 Å². The minimum atomic E-state index is -0.418. The summed E-state index contributed by atoms with van der Waals surface area (Å²) in [6, 6.07) is 11.5. The van der Waals surface area contributed by atoms with Crippen molar-refractivity contribution < 1.29 is 23.5 Å². The molecule has 11 nitrogen and oxygen atoms in total. The Morgan fingerprint density at radius 3 is 2.77 bits per heavy atom. The summed E-state index contributed by atoms with van der Waals surface area (Å²) in [6.45, 7) is 7.71. The molecule has 47 heavy (non-hydrogen) atoms. The van der Waals surface area contributed by atoms with Gasteiger partial charge in [-0.05, 0) is 55.9 Å². The van der Waals surface area contributed by atoms with Gasteiger partial charge in [-0.25, -0.2) is 19.4 Å². The lowest BCUT2D eigenvalue weighted by Gasteiger charge is -2.41. The summed E-state index contributed by atoms with van der Waals surface area (Å²) in [5.41, 5.74) is 2.66. The van der Waals surface area contributed by atoms with Crippen LogP contribution in [0, 0.1) is 5.82 Å². The number of hydrogen-bond acceptors (Lipinski definition) is 10. The van der Waals surface area contributed by atoms with Crippen LogP contribution in [-0.4, -0.2) is 85.0 Å². The van der Waals surface area contributed by atoms with Gasteiger partial charge < -0.3 is 25.0 Å². The average molecular weight is 664 g/mol. The summed E-state index contributed by atoms with van der Waals surface area (Å²) in [5.74, 6) is 0.903. The molecule has 3 atom stereocenters. The summed E-state index contributed by atoms with van der Waals surface area (Å²) < 4.78 is 26.3. The molecule has 4 aliphatic heterocycles. The van der Waals surface area contributed by atoms with Gasteiger partial charge in [-0.15, -0.1) is 0 Å². The Bertz CT molecular complexity index is 1640. The Hall–Kier alpha value is -3.97. The van der Waals surface area contributed by atoms with Crippen molar-refractivity contribution in [3.63, 3.8) is 0 Å². The Labute approximate surface area is 278 Å². The third kappa shape index (κ3) is 6.60. The van der Waals surface area contributed by atoms with Crippen LogP contribution in [0.1, 0.15) is 31.2 Å². The molecule has 7 rings (SSSR count). The first kappa shape index (κ1) is 31.6. The maximum Gasteiger partial charge on any atom is 0.247 e. The van der Waals surface area contributed by atoms with E-state index in [2.05, 4.69) is 37.0 Å². The zero-order valence-electron chi connectivity index (χ0n) is 26.3. The average Bonchev–Trinajstić information content (AvgIpc) is 3.86. The van der Waals surface area contributed by atoms with Crippen LogP contribution >= 0.6 is 11.6 Å².